The number of allylic oxidation sites excluding steroid dienone is 5. The van der Waals surface area contributed by atoms with Gasteiger partial charge in [0.05, 0.1) is 0 Å². The number of carbonyl (C=O) groups is 1. The van der Waals surface area contributed by atoms with Crippen molar-refractivity contribution in [2.45, 2.75) is 59.5 Å². The Balaban J connectivity index is 2.12. The highest BCUT2D eigenvalue weighted by Crippen LogP contribution is 2.40. The second kappa shape index (κ2) is 7.42. The van der Waals surface area contributed by atoms with E-state index >= 15 is 0 Å². The van der Waals surface area contributed by atoms with E-state index in [4.69, 9.17) is 4.74 Å². The van der Waals surface area contributed by atoms with Gasteiger partial charge in [-0.1, -0.05) is 37.1 Å². The summed E-state index contributed by atoms with van der Waals surface area (Å²) < 4.78 is 5.43. The third kappa shape index (κ3) is 4.62. The van der Waals surface area contributed by atoms with Gasteiger partial charge in [-0.15, -0.1) is 0 Å². The molecular weight excluding hydrogens is 298 g/mol. The quantitative estimate of drug-likeness (QED) is 0.549. The summed E-state index contributed by atoms with van der Waals surface area (Å²) >= 11 is 0. The zero-order chi connectivity index (χ0) is 17.9. The highest BCUT2D eigenvalue weighted by molar-refractivity contribution is 5.83. The van der Waals surface area contributed by atoms with Crippen molar-refractivity contribution in [3.05, 3.63) is 46.7 Å². The van der Waals surface area contributed by atoms with Crippen molar-refractivity contribution in [2.24, 2.45) is 5.41 Å². The van der Waals surface area contributed by atoms with Gasteiger partial charge in [-0.3, -0.25) is 0 Å². The molecule has 1 aliphatic carbocycles. The monoisotopic (exact) mass is 329 g/mol. The van der Waals surface area contributed by atoms with Gasteiger partial charge in [0.15, 0.2) is 0 Å². The molecule has 1 aliphatic heterocycles. The van der Waals surface area contributed by atoms with Crippen molar-refractivity contribution >= 4 is 5.97 Å². The smallest absolute Gasteiger partial charge is 0.333 e. The van der Waals surface area contributed by atoms with Crippen LogP contribution in [0.4, 0.5) is 0 Å². The number of hydrogen-bond acceptors (Lipinski definition) is 3. The molecule has 3 heteroatoms. The fourth-order valence-corrected chi connectivity index (χ4v) is 3.60. The molecule has 1 unspecified atom stereocenters. The summed E-state index contributed by atoms with van der Waals surface area (Å²) in [7, 11) is 3.91. The molecule has 24 heavy (non-hydrogen) atoms. The molecule has 2 rings (SSSR count). The minimum atomic E-state index is -0.255. The summed E-state index contributed by atoms with van der Waals surface area (Å²) in [5.74, 6) is -0.255. The Morgan fingerprint density at radius 2 is 2.08 bits per heavy atom. The van der Waals surface area contributed by atoms with Gasteiger partial charge in [0, 0.05) is 32.3 Å². The van der Waals surface area contributed by atoms with Crippen LogP contribution in [-0.2, 0) is 9.53 Å². The molecule has 2 aliphatic rings. The zero-order valence-corrected chi connectivity index (χ0v) is 16.0. The molecule has 0 N–H and O–H groups in total. The van der Waals surface area contributed by atoms with E-state index in [0.717, 1.165) is 17.7 Å². The number of nitrogens with zero attached hydrogens (tertiary/aromatic N) is 1. The van der Waals surface area contributed by atoms with Crippen LogP contribution in [0.2, 0.25) is 0 Å². The van der Waals surface area contributed by atoms with Gasteiger partial charge >= 0.3 is 5.97 Å². The van der Waals surface area contributed by atoms with E-state index in [2.05, 4.69) is 45.9 Å². The Hall–Kier alpha value is -1.77. The number of carbonyl (C=O) groups excluding carboxylic acids is 1. The average molecular weight is 329 g/mol. The van der Waals surface area contributed by atoms with Crippen molar-refractivity contribution in [3.8, 4) is 0 Å². The third-order valence-corrected chi connectivity index (χ3v) is 5.04. The van der Waals surface area contributed by atoms with E-state index in [1.807, 2.05) is 19.0 Å². The number of esters is 1. The van der Waals surface area contributed by atoms with Crippen molar-refractivity contribution in [1.82, 2.24) is 4.90 Å². The van der Waals surface area contributed by atoms with Crippen LogP contribution >= 0.6 is 0 Å². The average Bonchev–Trinajstić information content (AvgIpc) is 2.45. The maximum Gasteiger partial charge on any atom is 0.333 e. The molecule has 0 spiro atoms. The Kier molecular flexibility index (Phi) is 5.74. The van der Waals surface area contributed by atoms with Crippen molar-refractivity contribution in [3.63, 3.8) is 0 Å². The lowest BCUT2D eigenvalue weighted by molar-refractivity contribution is -0.142. The molecular formula is C21H31NO2. The first-order valence-corrected chi connectivity index (χ1v) is 8.84. The Bertz CT molecular complexity index is 618. The molecule has 0 saturated carbocycles. The van der Waals surface area contributed by atoms with Crippen LogP contribution in [0, 0.1) is 5.41 Å². The number of hydrogen-bond donors (Lipinski definition) is 0. The molecule has 0 aromatic carbocycles. The lowest BCUT2D eigenvalue weighted by Crippen LogP contribution is -2.26. The Labute approximate surface area is 146 Å². The molecule has 0 fully saturated rings. The second-order valence-electron chi connectivity index (χ2n) is 7.89. The van der Waals surface area contributed by atoms with Crippen LogP contribution < -0.4 is 0 Å². The molecule has 132 valence electrons. The molecule has 3 nitrogen and oxygen atoms in total. The standard InChI is InChI=1S/C21H31NO2/c1-15(9-10-19-16(2)8-7-11-21(19,3)4)12-18-13-17(22(5)6)14-20(23)24-18/h9-10,12,14,18H,7-8,11,13H2,1-6H3/b10-9+,15-12+. The van der Waals surface area contributed by atoms with Crippen molar-refractivity contribution in [1.29, 1.82) is 0 Å². The summed E-state index contributed by atoms with van der Waals surface area (Å²) in [6.45, 7) is 8.97. The van der Waals surface area contributed by atoms with Gasteiger partial charge in [0.1, 0.15) is 6.10 Å². The van der Waals surface area contributed by atoms with Crippen molar-refractivity contribution in [2.75, 3.05) is 14.1 Å². The largest absolute Gasteiger partial charge is 0.454 e. The first-order chi connectivity index (χ1) is 11.2. The minimum absolute atomic E-state index is 0.181. The Morgan fingerprint density at radius 1 is 1.38 bits per heavy atom. The molecule has 1 atom stereocenters. The first-order valence-electron chi connectivity index (χ1n) is 8.84. The molecule has 0 radical (unpaired) electrons. The zero-order valence-electron chi connectivity index (χ0n) is 16.0. The normalized spacial score (nSPS) is 24.9. The highest BCUT2D eigenvalue weighted by atomic mass is 16.5. The fraction of sp³-hybridized carbons (Fsp3) is 0.571. The SMILES string of the molecule is CC1=C(/C=C/C(C)=C/C2CC(N(C)C)=CC(=O)O2)C(C)(C)CCC1. The molecule has 0 aromatic heterocycles. The van der Waals surface area contributed by atoms with Gasteiger partial charge in [-0.2, -0.15) is 0 Å². The summed E-state index contributed by atoms with van der Waals surface area (Å²) in [5.41, 5.74) is 5.34. The van der Waals surface area contributed by atoms with Crippen LogP contribution in [0.25, 0.3) is 0 Å². The van der Waals surface area contributed by atoms with E-state index in [0.29, 0.717) is 0 Å². The molecule has 0 bridgehead atoms. The van der Waals surface area contributed by atoms with Crippen LogP contribution in [0.5, 0.6) is 0 Å². The summed E-state index contributed by atoms with van der Waals surface area (Å²) in [6.07, 6.45) is 12.3. The topological polar surface area (TPSA) is 29.5 Å². The van der Waals surface area contributed by atoms with Crippen LogP contribution in [0.3, 0.4) is 0 Å². The van der Waals surface area contributed by atoms with E-state index in [9.17, 15) is 4.79 Å². The van der Waals surface area contributed by atoms with Crippen LogP contribution in [-0.4, -0.2) is 31.1 Å². The Morgan fingerprint density at radius 3 is 2.71 bits per heavy atom. The number of ether oxygens (including phenoxy) is 1. The lowest BCUT2D eigenvalue weighted by Gasteiger charge is -2.33. The minimum Gasteiger partial charge on any atom is -0.454 e. The number of rotatable bonds is 4. The first kappa shape index (κ1) is 18.6. The van der Waals surface area contributed by atoms with Crippen LogP contribution in [0.15, 0.2) is 46.7 Å². The second-order valence-corrected chi connectivity index (χ2v) is 7.89. The predicted octanol–water partition coefficient (Wildman–Crippen LogP) is 4.78. The summed E-state index contributed by atoms with van der Waals surface area (Å²) in [4.78, 5) is 13.7. The number of cyclic esters (lactones) is 1. The van der Waals surface area contributed by atoms with E-state index in [1.54, 1.807) is 6.08 Å². The highest BCUT2D eigenvalue weighted by Gasteiger charge is 2.26. The summed E-state index contributed by atoms with van der Waals surface area (Å²) in [5, 5.41) is 0. The molecule has 1 heterocycles. The van der Waals surface area contributed by atoms with E-state index in [1.165, 1.54) is 30.4 Å². The van der Waals surface area contributed by atoms with Gasteiger partial charge < -0.3 is 9.64 Å². The molecule has 0 amide bonds. The maximum absolute atomic E-state index is 11.7. The molecule has 0 saturated heterocycles. The van der Waals surface area contributed by atoms with Gasteiger partial charge in [-0.05, 0) is 50.2 Å². The predicted molar refractivity (Wildman–Crippen MR) is 99.5 cm³/mol. The lowest BCUT2D eigenvalue weighted by atomic mass is 9.72. The van der Waals surface area contributed by atoms with Gasteiger partial charge in [0.25, 0.3) is 0 Å². The van der Waals surface area contributed by atoms with Gasteiger partial charge in [-0.25, -0.2) is 4.79 Å². The molecule has 0 aromatic rings. The van der Waals surface area contributed by atoms with Crippen molar-refractivity contribution < 1.29 is 9.53 Å². The van der Waals surface area contributed by atoms with E-state index < -0.39 is 0 Å². The van der Waals surface area contributed by atoms with Crippen LogP contribution in [0.1, 0.15) is 53.4 Å². The van der Waals surface area contributed by atoms with E-state index in [-0.39, 0.29) is 17.5 Å². The van der Waals surface area contributed by atoms with Gasteiger partial charge in [0.2, 0.25) is 0 Å². The summed E-state index contributed by atoms with van der Waals surface area (Å²) in [6, 6.07) is 0. The fourth-order valence-electron chi connectivity index (χ4n) is 3.60. The maximum atomic E-state index is 11.7. The third-order valence-electron chi connectivity index (χ3n) is 5.04.